The first-order valence-electron chi connectivity index (χ1n) is 7.87. The smallest absolute Gasteiger partial charge is 0.247 e. The molecule has 0 atom stereocenters. The van der Waals surface area contributed by atoms with Crippen LogP contribution in [0.4, 0.5) is 0 Å². The Morgan fingerprint density at radius 1 is 0.920 bits per heavy atom. The highest BCUT2D eigenvalue weighted by atomic mass is 16.5. The van der Waals surface area contributed by atoms with Gasteiger partial charge in [-0.15, -0.1) is 10.2 Å². The topological polar surface area (TPSA) is 66.0 Å². The van der Waals surface area contributed by atoms with Crippen LogP contribution in [-0.2, 0) is 6.54 Å². The van der Waals surface area contributed by atoms with Gasteiger partial charge in [-0.1, -0.05) is 30.3 Å². The minimum absolute atomic E-state index is 0.427. The fourth-order valence-electron chi connectivity index (χ4n) is 2.52. The molecule has 124 valence electrons. The molecule has 0 unspecified atom stereocenters. The maximum absolute atomic E-state index is 5.74. The van der Waals surface area contributed by atoms with Crippen LogP contribution in [0.25, 0.3) is 22.7 Å². The van der Waals surface area contributed by atoms with Crippen LogP contribution in [0.5, 0.6) is 5.75 Å². The first-order chi connectivity index (χ1) is 12.3. The molecule has 6 nitrogen and oxygen atoms in total. The van der Waals surface area contributed by atoms with Crippen molar-refractivity contribution in [3.05, 3.63) is 72.8 Å². The largest absolute Gasteiger partial charge is 0.497 e. The Morgan fingerprint density at radius 3 is 2.48 bits per heavy atom. The molecule has 2 heterocycles. The number of hydrogen-bond donors (Lipinski definition) is 0. The van der Waals surface area contributed by atoms with E-state index in [9.17, 15) is 0 Å². The van der Waals surface area contributed by atoms with Crippen LogP contribution in [0, 0.1) is 0 Å². The summed E-state index contributed by atoms with van der Waals surface area (Å²) in [5.41, 5.74) is 2.84. The second kappa shape index (κ2) is 6.60. The van der Waals surface area contributed by atoms with E-state index in [0.717, 1.165) is 22.6 Å². The average Bonchev–Trinajstić information content (AvgIpc) is 3.33. The number of ether oxygens (including phenoxy) is 1. The van der Waals surface area contributed by atoms with E-state index in [0.29, 0.717) is 18.3 Å². The van der Waals surface area contributed by atoms with E-state index in [4.69, 9.17) is 9.15 Å². The van der Waals surface area contributed by atoms with Gasteiger partial charge in [-0.3, -0.25) is 4.68 Å². The van der Waals surface area contributed by atoms with Crippen molar-refractivity contribution in [1.82, 2.24) is 20.0 Å². The predicted molar refractivity (Wildman–Crippen MR) is 93.1 cm³/mol. The van der Waals surface area contributed by atoms with E-state index in [1.807, 2.05) is 66.9 Å². The molecule has 0 N–H and O–H groups in total. The summed E-state index contributed by atoms with van der Waals surface area (Å²) in [5, 5.41) is 12.8. The van der Waals surface area contributed by atoms with Gasteiger partial charge in [-0.05, 0) is 30.3 Å². The number of hydrogen-bond acceptors (Lipinski definition) is 5. The molecule has 0 amide bonds. The zero-order valence-electron chi connectivity index (χ0n) is 13.7. The standard InChI is InChI=1S/C19H16N4O2/c1-24-16-9-7-15(8-10-16)19-21-20-18(25-19)13-23-12-11-17(22-23)14-5-3-2-4-6-14/h2-12H,13H2,1H3. The van der Waals surface area contributed by atoms with Crippen molar-refractivity contribution < 1.29 is 9.15 Å². The second-order valence-electron chi connectivity index (χ2n) is 5.49. The van der Waals surface area contributed by atoms with E-state index in [1.54, 1.807) is 11.8 Å². The van der Waals surface area contributed by atoms with Crippen LogP contribution in [-0.4, -0.2) is 27.1 Å². The first kappa shape index (κ1) is 15.1. The van der Waals surface area contributed by atoms with Gasteiger partial charge in [-0.25, -0.2) is 0 Å². The zero-order chi connectivity index (χ0) is 17.1. The van der Waals surface area contributed by atoms with Gasteiger partial charge in [0, 0.05) is 17.3 Å². The third-order valence-corrected chi connectivity index (χ3v) is 3.81. The van der Waals surface area contributed by atoms with Crippen LogP contribution in [0.2, 0.25) is 0 Å². The summed E-state index contributed by atoms with van der Waals surface area (Å²) in [4.78, 5) is 0. The van der Waals surface area contributed by atoms with E-state index in [-0.39, 0.29) is 0 Å². The molecule has 0 aliphatic heterocycles. The first-order valence-corrected chi connectivity index (χ1v) is 7.87. The van der Waals surface area contributed by atoms with E-state index >= 15 is 0 Å². The Labute approximate surface area is 144 Å². The van der Waals surface area contributed by atoms with Crippen LogP contribution in [0.3, 0.4) is 0 Å². The van der Waals surface area contributed by atoms with E-state index in [1.165, 1.54) is 0 Å². The number of rotatable bonds is 5. The molecule has 2 aromatic carbocycles. The quantitative estimate of drug-likeness (QED) is 0.558. The molecule has 0 aliphatic carbocycles. The average molecular weight is 332 g/mol. The highest BCUT2D eigenvalue weighted by molar-refractivity contribution is 5.58. The van der Waals surface area contributed by atoms with Gasteiger partial charge in [0.25, 0.3) is 0 Å². The number of nitrogens with zero attached hydrogens (tertiary/aromatic N) is 4. The Morgan fingerprint density at radius 2 is 1.72 bits per heavy atom. The number of methoxy groups -OCH3 is 1. The van der Waals surface area contributed by atoms with Gasteiger partial charge in [-0.2, -0.15) is 5.10 Å². The minimum Gasteiger partial charge on any atom is -0.497 e. The van der Waals surface area contributed by atoms with Crippen LogP contribution < -0.4 is 4.74 Å². The lowest BCUT2D eigenvalue weighted by Gasteiger charge is -1.99. The lowest BCUT2D eigenvalue weighted by Crippen LogP contribution is -2.00. The third kappa shape index (κ3) is 3.28. The molecule has 0 radical (unpaired) electrons. The molecule has 6 heteroatoms. The predicted octanol–water partition coefficient (Wildman–Crippen LogP) is 3.66. The Hall–Kier alpha value is -3.41. The van der Waals surface area contributed by atoms with Gasteiger partial charge in [0.2, 0.25) is 11.8 Å². The van der Waals surface area contributed by atoms with E-state index < -0.39 is 0 Å². The number of benzene rings is 2. The summed E-state index contributed by atoms with van der Waals surface area (Å²) in [6.45, 7) is 0.427. The van der Waals surface area contributed by atoms with Crippen molar-refractivity contribution in [1.29, 1.82) is 0 Å². The fraction of sp³-hybridized carbons (Fsp3) is 0.105. The summed E-state index contributed by atoms with van der Waals surface area (Å²) >= 11 is 0. The van der Waals surface area contributed by atoms with Crippen molar-refractivity contribution in [2.24, 2.45) is 0 Å². The third-order valence-electron chi connectivity index (χ3n) is 3.81. The molecular formula is C19H16N4O2. The Balaban J connectivity index is 1.50. The molecule has 0 aliphatic rings. The summed E-state index contributed by atoms with van der Waals surface area (Å²) in [5.74, 6) is 1.77. The molecule has 4 aromatic rings. The highest BCUT2D eigenvalue weighted by Crippen LogP contribution is 2.21. The van der Waals surface area contributed by atoms with Gasteiger partial charge < -0.3 is 9.15 Å². The molecule has 0 spiro atoms. The summed E-state index contributed by atoms with van der Waals surface area (Å²) in [6, 6.07) is 19.5. The molecule has 0 fully saturated rings. The molecule has 0 saturated heterocycles. The molecule has 4 rings (SSSR count). The van der Waals surface area contributed by atoms with Crippen LogP contribution >= 0.6 is 0 Å². The van der Waals surface area contributed by atoms with Crippen molar-refractivity contribution in [3.63, 3.8) is 0 Å². The van der Waals surface area contributed by atoms with Crippen molar-refractivity contribution in [2.75, 3.05) is 7.11 Å². The number of aromatic nitrogens is 4. The summed E-state index contributed by atoms with van der Waals surface area (Å²) in [7, 11) is 1.63. The molecule has 0 saturated carbocycles. The Bertz CT molecular complexity index is 959. The van der Waals surface area contributed by atoms with Crippen molar-refractivity contribution >= 4 is 0 Å². The van der Waals surface area contributed by atoms with Crippen LogP contribution in [0.15, 0.2) is 71.3 Å². The maximum Gasteiger partial charge on any atom is 0.247 e. The fourth-order valence-corrected chi connectivity index (χ4v) is 2.52. The molecule has 25 heavy (non-hydrogen) atoms. The van der Waals surface area contributed by atoms with Crippen molar-refractivity contribution in [2.45, 2.75) is 6.54 Å². The van der Waals surface area contributed by atoms with Gasteiger partial charge in [0.15, 0.2) is 0 Å². The van der Waals surface area contributed by atoms with Gasteiger partial charge >= 0.3 is 0 Å². The van der Waals surface area contributed by atoms with Crippen LogP contribution in [0.1, 0.15) is 5.89 Å². The molecule has 2 aromatic heterocycles. The summed E-state index contributed by atoms with van der Waals surface area (Å²) < 4.78 is 12.7. The normalized spacial score (nSPS) is 10.8. The Kier molecular flexibility index (Phi) is 4.00. The maximum atomic E-state index is 5.74. The second-order valence-corrected chi connectivity index (χ2v) is 5.49. The monoisotopic (exact) mass is 332 g/mol. The zero-order valence-corrected chi connectivity index (χ0v) is 13.7. The van der Waals surface area contributed by atoms with Gasteiger partial charge in [0.05, 0.1) is 12.8 Å². The highest BCUT2D eigenvalue weighted by Gasteiger charge is 2.10. The van der Waals surface area contributed by atoms with Crippen molar-refractivity contribution in [3.8, 4) is 28.5 Å². The minimum atomic E-state index is 0.427. The van der Waals surface area contributed by atoms with E-state index in [2.05, 4.69) is 15.3 Å². The summed E-state index contributed by atoms with van der Waals surface area (Å²) in [6.07, 6.45) is 1.90. The molecular weight excluding hydrogens is 316 g/mol. The lowest BCUT2D eigenvalue weighted by atomic mass is 10.2. The SMILES string of the molecule is COc1ccc(-c2nnc(Cn3ccc(-c4ccccc4)n3)o2)cc1. The van der Waals surface area contributed by atoms with Gasteiger partial charge in [0.1, 0.15) is 12.3 Å². The molecule has 0 bridgehead atoms. The lowest BCUT2D eigenvalue weighted by molar-refractivity contribution is 0.415.